The van der Waals surface area contributed by atoms with Crippen molar-refractivity contribution in [3.05, 3.63) is 455 Å². The van der Waals surface area contributed by atoms with Crippen LogP contribution in [0, 0.1) is 18.6 Å². The minimum absolute atomic E-state index is 0. The molecule has 744 valence electrons. The van der Waals surface area contributed by atoms with Crippen molar-refractivity contribution in [3.63, 3.8) is 0 Å². The minimum atomic E-state index is -0.331. The molecule has 0 atom stereocenters. The molecule has 29 heteroatoms. The topological polar surface area (TPSA) is 332 Å². The van der Waals surface area contributed by atoms with Crippen LogP contribution in [0.5, 0.6) is 121 Å². The number of hydrogen-bond acceptors (Lipinski definition) is 24. The van der Waals surface area contributed by atoms with Crippen LogP contribution in [0.15, 0.2) is 413 Å². The van der Waals surface area contributed by atoms with Crippen LogP contribution in [0.3, 0.4) is 0 Å². The molecule has 0 aliphatic rings. The fourth-order valence-corrected chi connectivity index (χ4v) is 12.7. The van der Waals surface area contributed by atoms with Crippen molar-refractivity contribution >= 4 is 34.6 Å². The van der Waals surface area contributed by atoms with Crippen molar-refractivity contribution in [2.24, 2.45) is 0 Å². The van der Waals surface area contributed by atoms with E-state index in [1.807, 2.05) is 179 Å². The summed E-state index contributed by atoms with van der Waals surface area (Å²) < 4.78 is 88.4. The van der Waals surface area contributed by atoms with Crippen molar-refractivity contribution in [3.8, 4) is 167 Å². The summed E-state index contributed by atoms with van der Waals surface area (Å²) in [5.74, 6) is 12.6. The number of methoxy groups -OCH3 is 1. The molecule has 2 heterocycles. The Bertz CT molecular complexity index is 6490. The Labute approximate surface area is 948 Å². The second kappa shape index (κ2) is 65.4. The molecule has 0 unspecified atom stereocenters. The van der Waals surface area contributed by atoms with Gasteiger partial charge in [0.05, 0.1) is 7.11 Å². The Hall–Kier alpha value is -14.9. The largest absolute Gasteiger partial charge is 1.00 e. The number of benzene rings is 14. The second-order valence-electron chi connectivity index (χ2n) is 30.3. The number of carbonyl (C=O) groups is 1. The van der Waals surface area contributed by atoms with E-state index in [0.29, 0.717) is 125 Å². The first-order valence-electron chi connectivity index (χ1n) is 44.8. The molecule has 0 bridgehead atoms. The normalized spacial score (nSPS) is 10.0. The number of hydrogen-bond donors (Lipinski definition) is 6. The first-order chi connectivity index (χ1) is 70.4. The molecule has 0 radical (unpaired) electrons. The van der Waals surface area contributed by atoms with Gasteiger partial charge in [0, 0.05) is 61.0 Å². The summed E-state index contributed by atoms with van der Waals surface area (Å²) in [6.07, 6.45) is 22.3. The summed E-state index contributed by atoms with van der Waals surface area (Å²) in [4.78, 5) is 11.2. The number of halogens is 3. The van der Waals surface area contributed by atoms with Crippen molar-refractivity contribution in [2.75, 3.05) is 25.7 Å². The Morgan fingerprint density at radius 3 is 0.871 bits per heavy atom. The molecule has 24 nitrogen and oxygen atoms in total. The maximum absolute atomic E-state index is 12.8. The van der Waals surface area contributed by atoms with E-state index < -0.39 is 0 Å². The fraction of sp³-hybridized carbons (Fsp3) is 0.0932. The first-order valence-corrected chi connectivity index (χ1v) is 45.9. The summed E-state index contributed by atoms with van der Waals surface area (Å²) in [5, 5.41) is 82.6. The first kappa shape index (κ1) is 119. The van der Waals surface area contributed by atoms with Gasteiger partial charge in [-0.1, -0.05) is 114 Å². The quantitative estimate of drug-likeness (QED) is 0.00537. The third kappa shape index (κ3) is 40.9. The maximum atomic E-state index is 12.8. The van der Waals surface area contributed by atoms with Crippen LogP contribution >= 0.6 is 15.9 Å². The molecule has 0 aliphatic carbocycles. The van der Waals surface area contributed by atoms with E-state index in [0.717, 1.165) is 84.3 Å². The van der Waals surface area contributed by atoms with E-state index >= 15 is 0 Å². The summed E-state index contributed by atoms with van der Waals surface area (Å²) in [6, 6.07) is 86.6. The maximum Gasteiger partial charge on any atom is 1.00 e. The molecule has 0 fully saturated rings. The third-order valence-electron chi connectivity index (χ3n) is 19.6. The van der Waals surface area contributed by atoms with Gasteiger partial charge in [0.15, 0.2) is 0 Å². The molecular formula is C118H109BrF2K2N4O20. The van der Waals surface area contributed by atoms with Crippen LogP contribution in [0.1, 0.15) is 54.2 Å². The van der Waals surface area contributed by atoms with Gasteiger partial charge in [-0.2, -0.15) is 0 Å². The molecule has 0 amide bonds. The average molecular weight is 2100 g/mol. The van der Waals surface area contributed by atoms with Gasteiger partial charge in [-0.15, -0.1) is 53.3 Å². The Morgan fingerprint density at radius 2 is 0.585 bits per heavy atom. The summed E-state index contributed by atoms with van der Waals surface area (Å²) in [5.41, 5.74) is 9.00. The van der Waals surface area contributed by atoms with E-state index in [9.17, 15) is 29.2 Å². The van der Waals surface area contributed by atoms with Gasteiger partial charge in [0.1, 0.15) is 146 Å². The molecule has 2 aromatic heterocycles. The zero-order valence-electron chi connectivity index (χ0n) is 83.0. The average Bonchev–Trinajstić information content (AvgIpc) is 1.62. The van der Waals surface area contributed by atoms with Crippen LogP contribution in [0.2, 0.25) is 0 Å². The molecule has 16 aromatic rings. The standard InChI is InChI=1S/C34H30N2O4.3C18H18O3.C14H8F2N2O.C12H10O3.C3H5Br.CH2O3.2K.H/c1-5-7-26-21-29(17-19-31(26)37-4)38-30-18-20-32(27(22-30)8-6-2)39-28-15-13-25(14-16-28)34-36-35-33(40-34)24-11-9-23(3)10-12-24;1-3-13-19-15-5-9-17(10-6-15)21-18-11-7-16(8-12-18)20-14-4-2;2*1-3-5-13-11-15(7-9-17(13)19)21-16-8-10-18(20)14(12-16)6-4-2;15-11-5-1-9(2-6-11)13-17-18-14(19-13)10-3-7-12(16)8-4-10;13-9-1-5-11(6-2-9)15-12-7-3-10(14)4-8-12;1-2-3-4;2-1-4-3;;;/h5-22H,1-4H3;3-12H,1-2,13-14H2;2*3-4,7-12,19-20H,1-2,5-6H2;1-8H;1-8,13-14H;2H,1,3H2;1,3H;;;/q;;;;;;;;2*+1;-1/p-1/b7-5+,8-6+;;;;;;;;;;. The van der Waals surface area contributed by atoms with Gasteiger partial charge in [-0.25, -0.2) is 8.78 Å². The monoisotopic (exact) mass is 2100 g/mol. The number of allylic oxidation sites excluding steroid dienone is 7. The molecule has 0 saturated carbocycles. The van der Waals surface area contributed by atoms with Crippen LogP contribution in [0.4, 0.5) is 8.78 Å². The van der Waals surface area contributed by atoms with Crippen LogP contribution in [-0.4, -0.2) is 83.2 Å². The smallest absolute Gasteiger partial charge is 1.00 e. The van der Waals surface area contributed by atoms with Crippen LogP contribution < -0.4 is 151 Å². The van der Waals surface area contributed by atoms with Crippen molar-refractivity contribution in [1.82, 2.24) is 20.4 Å². The molecule has 16 rings (SSSR count). The van der Waals surface area contributed by atoms with Gasteiger partial charge in [0.2, 0.25) is 23.6 Å². The van der Waals surface area contributed by atoms with Gasteiger partial charge in [-0.3, -0.25) is 4.79 Å². The van der Waals surface area contributed by atoms with E-state index in [1.54, 1.807) is 195 Å². The van der Waals surface area contributed by atoms with Crippen LogP contribution in [-0.2, 0) is 35.4 Å². The van der Waals surface area contributed by atoms with E-state index in [1.165, 1.54) is 29.8 Å². The summed E-state index contributed by atoms with van der Waals surface area (Å²) in [6.45, 7) is 32.1. The molecule has 147 heavy (non-hydrogen) atoms. The molecule has 6 N–H and O–H groups in total. The van der Waals surface area contributed by atoms with Crippen molar-refractivity contribution in [1.29, 1.82) is 0 Å². The molecule has 0 aliphatic heterocycles. The van der Waals surface area contributed by atoms with E-state index in [4.69, 9.17) is 71.7 Å². The number of alkyl halides is 1. The molecular weight excluding hydrogens is 1990 g/mol. The Morgan fingerprint density at radius 1 is 0.340 bits per heavy atom. The summed E-state index contributed by atoms with van der Waals surface area (Å²) in [7, 11) is 1.66. The number of rotatable bonds is 35. The predicted molar refractivity (Wildman–Crippen MR) is 565 cm³/mol. The predicted octanol–water partition coefficient (Wildman–Crippen LogP) is 23.4. The molecule has 0 saturated heterocycles. The van der Waals surface area contributed by atoms with E-state index in [2.05, 4.69) is 87.3 Å². The summed E-state index contributed by atoms with van der Waals surface area (Å²) >= 11 is 3.13. The number of carbonyl (C=O) groups excluding carboxylic acids is 1. The third-order valence-corrected chi connectivity index (χ3v) is 20.0. The van der Waals surface area contributed by atoms with Gasteiger partial charge < -0.3 is 93.7 Å². The number of aromatic nitrogens is 4. The number of phenolic OH excluding ortho intramolecular Hbond substituents is 6. The van der Waals surface area contributed by atoms with Crippen molar-refractivity contribution in [2.45, 2.75) is 46.5 Å². The number of phenols is 6. The minimum Gasteiger partial charge on any atom is -1.00 e. The number of ether oxygens (including phenoxy) is 9. The molecule has 14 aromatic carbocycles. The SMILES string of the molecule is C/C=C/c1cc(Oc2ccc(Oc3ccc(-c4nnc(-c5ccc(C)cc5)o4)cc3)c(/C=C/C)c2)ccc1OC.C=CCBr.C=CCOc1ccc(Oc2ccc(OCC=C)cc2)cc1.C=CCc1cc(Oc2ccc(O)c(CC=C)c2)ccc1O.C=CCc1cc(Oc2ccc(O)c(CC=C)c2)ccc1O.Fc1ccc(-c2nnc(-c3ccc(F)cc3)o2)cc1.O=CO[O-].Oc1ccc(Oc2ccc(O)cc2)cc1.[H-].[K+].[K+]. The Balaban J connectivity index is 0.000000274. The molecule has 0 spiro atoms. The van der Waals surface area contributed by atoms with Crippen molar-refractivity contribution < 1.29 is 210 Å². The zero-order chi connectivity index (χ0) is 104. The Kier molecular flexibility index (Phi) is 53.0. The van der Waals surface area contributed by atoms with Gasteiger partial charge in [-0.05, 0) is 338 Å². The van der Waals surface area contributed by atoms with Gasteiger partial charge >= 0.3 is 103 Å². The zero-order valence-corrected chi connectivity index (χ0v) is 89.8. The van der Waals surface area contributed by atoms with E-state index in [-0.39, 0.29) is 157 Å². The number of nitrogens with zero attached hydrogens (tertiary/aromatic N) is 4. The number of aryl methyl sites for hydroxylation is 1. The fourth-order valence-electron chi connectivity index (χ4n) is 12.7. The second-order valence-corrected chi connectivity index (χ2v) is 31.0. The van der Waals surface area contributed by atoms with Gasteiger partial charge in [0.25, 0.3) is 6.47 Å². The van der Waals surface area contributed by atoms with Crippen LogP contribution in [0.25, 0.3) is 58.0 Å². The number of aromatic hydroxyl groups is 6.